The molecule has 0 saturated carbocycles. The fraction of sp³-hybridized carbons (Fsp3) is 0.0952. The van der Waals surface area contributed by atoms with E-state index in [2.05, 4.69) is 20.9 Å². The number of nitrogens with one attached hydrogen (secondary N) is 3. The third-order valence-corrected chi connectivity index (χ3v) is 3.97. The highest BCUT2D eigenvalue weighted by molar-refractivity contribution is 5.94. The van der Waals surface area contributed by atoms with Crippen LogP contribution in [0.1, 0.15) is 21.5 Å². The van der Waals surface area contributed by atoms with Gasteiger partial charge in [0.15, 0.2) is 0 Å². The molecule has 0 fully saturated rings. The molecule has 142 valence electrons. The molecule has 1 aromatic heterocycles. The fourth-order valence-electron chi connectivity index (χ4n) is 2.45. The number of halogens is 1. The summed E-state index contributed by atoms with van der Waals surface area (Å²) in [6.45, 7) is 0.670. The van der Waals surface area contributed by atoms with E-state index in [9.17, 15) is 14.0 Å². The van der Waals surface area contributed by atoms with Crippen LogP contribution in [0.25, 0.3) is 0 Å². The number of benzene rings is 2. The van der Waals surface area contributed by atoms with Crippen molar-refractivity contribution in [1.82, 2.24) is 15.6 Å². The Morgan fingerprint density at radius 3 is 2.00 bits per heavy atom. The van der Waals surface area contributed by atoms with Gasteiger partial charge in [0.05, 0.1) is 0 Å². The molecular formula is C21H19FN4O2. The van der Waals surface area contributed by atoms with E-state index in [1.165, 1.54) is 12.1 Å². The second kappa shape index (κ2) is 9.27. The first kappa shape index (κ1) is 19.0. The molecule has 0 aliphatic rings. The summed E-state index contributed by atoms with van der Waals surface area (Å²) >= 11 is 0. The molecule has 3 rings (SSSR count). The van der Waals surface area contributed by atoms with Gasteiger partial charge in [-0.15, -0.1) is 0 Å². The minimum Gasteiger partial charge on any atom is -0.348 e. The van der Waals surface area contributed by atoms with Crippen molar-refractivity contribution in [2.45, 2.75) is 13.1 Å². The highest BCUT2D eigenvalue weighted by Gasteiger charge is 2.05. The molecule has 0 aliphatic carbocycles. The Hall–Kier alpha value is -3.74. The van der Waals surface area contributed by atoms with Gasteiger partial charge >= 0.3 is 6.03 Å². The lowest BCUT2D eigenvalue weighted by Gasteiger charge is -2.09. The summed E-state index contributed by atoms with van der Waals surface area (Å²) in [4.78, 5) is 27.8. The van der Waals surface area contributed by atoms with Crippen LogP contribution < -0.4 is 16.0 Å². The summed E-state index contributed by atoms with van der Waals surface area (Å²) in [5, 5.41) is 8.25. The smallest absolute Gasteiger partial charge is 0.319 e. The second-order valence-electron chi connectivity index (χ2n) is 6.05. The largest absolute Gasteiger partial charge is 0.348 e. The zero-order valence-corrected chi connectivity index (χ0v) is 15.0. The molecule has 3 N–H and O–H groups in total. The molecule has 0 saturated heterocycles. The summed E-state index contributed by atoms with van der Waals surface area (Å²) in [5.41, 5.74) is 2.88. The third-order valence-electron chi connectivity index (χ3n) is 3.97. The number of pyridine rings is 1. The lowest BCUT2D eigenvalue weighted by atomic mass is 10.2. The third kappa shape index (κ3) is 5.63. The van der Waals surface area contributed by atoms with Crippen LogP contribution in [-0.2, 0) is 13.1 Å². The Morgan fingerprint density at radius 2 is 1.36 bits per heavy atom. The summed E-state index contributed by atoms with van der Waals surface area (Å²) in [5.74, 6) is -0.491. The highest BCUT2D eigenvalue weighted by Crippen LogP contribution is 2.10. The van der Waals surface area contributed by atoms with E-state index in [0.717, 1.165) is 11.1 Å². The van der Waals surface area contributed by atoms with Crippen molar-refractivity contribution >= 4 is 17.6 Å². The van der Waals surface area contributed by atoms with Gasteiger partial charge in [-0.1, -0.05) is 24.3 Å². The van der Waals surface area contributed by atoms with Gasteiger partial charge in [0.2, 0.25) is 0 Å². The number of carbonyl (C=O) groups is 2. The van der Waals surface area contributed by atoms with Gasteiger partial charge in [0.25, 0.3) is 5.91 Å². The number of nitrogens with zero attached hydrogens (tertiary/aromatic N) is 1. The molecule has 3 aromatic rings. The van der Waals surface area contributed by atoms with E-state index in [4.69, 9.17) is 0 Å². The number of hydrogen-bond donors (Lipinski definition) is 3. The Balaban J connectivity index is 1.45. The van der Waals surface area contributed by atoms with Crippen molar-refractivity contribution in [2.24, 2.45) is 0 Å². The zero-order chi connectivity index (χ0) is 19.8. The predicted octanol–water partition coefficient (Wildman–Crippen LogP) is 3.47. The number of carbonyl (C=O) groups excluding carboxylic acids is 2. The lowest BCUT2D eigenvalue weighted by Crippen LogP contribution is -2.28. The molecule has 0 atom stereocenters. The van der Waals surface area contributed by atoms with Crippen LogP contribution in [0.4, 0.5) is 14.9 Å². The topological polar surface area (TPSA) is 83.1 Å². The van der Waals surface area contributed by atoms with Crippen LogP contribution in [0.15, 0.2) is 73.1 Å². The van der Waals surface area contributed by atoms with E-state index in [1.54, 1.807) is 48.8 Å². The van der Waals surface area contributed by atoms with E-state index < -0.39 is 0 Å². The van der Waals surface area contributed by atoms with Gasteiger partial charge in [0, 0.05) is 36.7 Å². The highest BCUT2D eigenvalue weighted by atomic mass is 19.1. The molecule has 2 aromatic carbocycles. The van der Waals surface area contributed by atoms with Gasteiger partial charge in [-0.25, -0.2) is 9.18 Å². The van der Waals surface area contributed by atoms with Crippen LogP contribution >= 0.6 is 0 Å². The average molecular weight is 378 g/mol. The minimum atomic E-state index is -0.358. The first-order valence-corrected chi connectivity index (χ1v) is 8.66. The van der Waals surface area contributed by atoms with Gasteiger partial charge in [-0.3, -0.25) is 9.78 Å². The molecule has 28 heavy (non-hydrogen) atoms. The molecular weight excluding hydrogens is 359 g/mol. The average Bonchev–Trinajstić information content (AvgIpc) is 2.73. The van der Waals surface area contributed by atoms with E-state index >= 15 is 0 Å². The number of anilines is 1. The maximum Gasteiger partial charge on any atom is 0.319 e. The summed E-state index contributed by atoms with van der Waals surface area (Å²) in [6, 6.07) is 16.0. The summed E-state index contributed by atoms with van der Waals surface area (Å²) in [6.07, 6.45) is 3.13. The lowest BCUT2D eigenvalue weighted by molar-refractivity contribution is 0.0950. The Kier molecular flexibility index (Phi) is 6.30. The van der Waals surface area contributed by atoms with Crippen molar-refractivity contribution in [2.75, 3.05) is 5.32 Å². The predicted molar refractivity (Wildman–Crippen MR) is 104 cm³/mol. The monoisotopic (exact) mass is 378 g/mol. The van der Waals surface area contributed by atoms with E-state index in [0.29, 0.717) is 24.3 Å². The number of hydrogen-bond acceptors (Lipinski definition) is 3. The number of aromatic nitrogens is 1. The standard InChI is InChI=1S/C21H19FN4O2/c22-18-5-1-15(2-6-18)14-25-21(28)26-19-7-3-16(4-8-19)13-24-20(27)17-9-11-23-12-10-17/h1-12H,13-14H2,(H,24,27)(H2,25,26,28). The number of amides is 3. The van der Waals surface area contributed by atoms with Crippen LogP contribution in [0.3, 0.4) is 0 Å². The van der Waals surface area contributed by atoms with Gasteiger partial charge in [-0.05, 0) is 47.5 Å². The fourth-order valence-corrected chi connectivity index (χ4v) is 2.45. The van der Waals surface area contributed by atoms with Crippen LogP contribution in [-0.4, -0.2) is 16.9 Å². The molecule has 0 unspecified atom stereocenters. The number of urea groups is 1. The van der Waals surface area contributed by atoms with E-state index in [1.807, 2.05) is 12.1 Å². The van der Waals surface area contributed by atoms with Crippen molar-refractivity contribution < 1.29 is 14.0 Å². The Labute approximate surface area is 161 Å². The van der Waals surface area contributed by atoms with Crippen LogP contribution in [0, 0.1) is 5.82 Å². The molecule has 3 amide bonds. The number of rotatable bonds is 6. The normalized spacial score (nSPS) is 10.2. The molecule has 0 aliphatic heterocycles. The van der Waals surface area contributed by atoms with Crippen LogP contribution in [0.2, 0.25) is 0 Å². The summed E-state index contributed by atoms with van der Waals surface area (Å²) < 4.78 is 12.9. The van der Waals surface area contributed by atoms with Crippen LogP contribution in [0.5, 0.6) is 0 Å². The molecule has 1 heterocycles. The quantitative estimate of drug-likeness (QED) is 0.614. The second-order valence-corrected chi connectivity index (χ2v) is 6.05. The molecule has 7 heteroatoms. The summed E-state index contributed by atoms with van der Waals surface area (Å²) in [7, 11) is 0. The van der Waals surface area contributed by atoms with Gasteiger partial charge in [-0.2, -0.15) is 0 Å². The zero-order valence-electron chi connectivity index (χ0n) is 15.0. The molecule has 0 bridgehead atoms. The van der Waals surface area contributed by atoms with Gasteiger partial charge < -0.3 is 16.0 Å². The van der Waals surface area contributed by atoms with E-state index in [-0.39, 0.29) is 17.8 Å². The molecule has 0 radical (unpaired) electrons. The Morgan fingerprint density at radius 1 is 0.786 bits per heavy atom. The maximum absolute atomic E-state index is 12.9. The van der Waals surface area contributed by atoms with Gasteiger partial charge in [0.1, 0.15) is 5.82 Å². The first-order chi connectivity index (χ1) is 13.6. The molecule has 0 spiro atoms. The van der Waals surface area contributed by atoms with Crippen molar-refractivity contribution in [1.29, 1.82) is 0 Å². The Bertz CT molecular complexity index is 929. The first-order valence-electron chi connectivity index (χ1n) is 8.66. The SMILES string of the molecule is O=C(NCc1ccc(F)cc1)Nc1ccc(CNC(=O)c2ccncc2)cc1. The van der Waals surface area contributed by atoms with Crippen molar-refractivity contribution in [3.8, 4) is 0 Å². The van der Waals surface area contributed by atoms with Crippen molar-refractivity contribution in [3.63, 3.8) is 0 Å². The minimum absolute atomic E-state index is 0.176. The maximum atomic E-state index is 12.9. The molecule has 6 nitrogen and oxygen atoms in total. The van der Waals surface area contributed by atoms with Crippen molar-refractivity contribution in [3.05, 3.63) is 95.6 Å².